The summed E-state index contributed by atoms with van der Waals surface area (Å²) >= 11 is 18.9. The number of hydrogen-bond donors (Lipinski definition) is 1. The number of aliphatic imine (C=N–C) groups is 1. The van der Waals surface area contributed by atoms with E-state index in [1.165, 1.54) is 5.01 Å². The zero-order chi connectivity index (χ0) is 27.4. The van der Waals surface area contributed by atoms with Crippen LogP contribution in [0.3, 0.4) is 0 Å². The predicted molar refractivity (Wildman–Crippen MR) is 152 cm³/mol. The number of carbonyl (C=O) groups excluding carboxylic acids is 1. The van der Waals surface area contributed by atoms with Gasteiger partial charge in [0.25, 0.3) is 5.91 Å². The molecule has 1 N–H and O–H groups in total. The Bertz CT molecular complexity index is 1390. The number of amides is 1. The van der Waals surface area contributed by atoms with Crippen molar-refractivity contribution in [2.24, 2.45) is 15.2 Å². The monoisotopic (exact) mass is 573 g/mol. The minimum atomic E-state index is -1.10. The molecular weight excluding hydrogens is 549 g/mol. The molecule has 1 unspecified atom stereocenters. The lowest BCUT2D eigenvalue weighted by Crippen LogP contribution is -2.36. The summed E-state index contributed by atoms with van der Waals surface area (Å²) in [6.45, 7) is 7.71. The minimum absolute atomic E-state index is 0.0351. The number of hydrogen-bond acceptors (Lipinski definition) is 6. The van der Waals surface area contributed by atoms with Crippen LogP contribution < -0.4 is 19.9 Å². The molecule has 0 bridgehead atoms. The molecule has 3 aromatic carbocycles. The molecule has 0 spiro atoms. The fourth-order valence-corrected chi connectivity index (χ4v) is 4.10. The van der Waals surface area contributed by atoms with Crippen LogP contribution in [-0.4, -0.2) is 30.0 Å². The number of benzene rings is 3. The van der Waals surface area contributed by atoms with Crippen LogP contribution >= 0.6 is 34.8 Å². The van der Waals surface area contributed by atoms with E-state index in [1.807, 2.05) is 27.7 Å². The van der Waals surface area contributed by atoms with Crippen molar-refractivity contribution in [3.8, 4) is 11.5 Å². The van der Waals surface area contributed by atoms with Gasteiger partial charge in [-0.3, -0.25) is 10.2 Å². The molecule has 1 atom stereocenters. The number of hydrazine groups is 1. The molecular formula is C27H26Cl3N5O3. The second kappa shape index (κ2) is 12.0. The maximum absolute atomic E-state index is 13.5. The highest BCUT2D eigenvalue weighted by Gasteiger charge is 2.40. The van der Waals surface area contributed by atoms with Gasteiger partial charge in [0.15, 0.2) is 17.3 Å². The van der Waals surface area contributed by atoms with Gasteiger partial charge in [0.1, 0.15) is 0 Å². The molecule has 0 saturated carbocycles. The molecule has 1 fully saturated rings. The van der Waals surface area contributed by atoms with Gasteiger partial charge in [-0.2, -0.15) is 10.2 Å². The summed E-state index contributed by atoms with van der Waals surface area (Å²) in [4.78, 5) is 18.1. The van der Waals surface area contributed by atoms with Crippen molar-refractivity contribution in [3.63, 3.8) is 0 Å². The molecule has 198 valence electrons. The SMILES string of the molecule is CC(C)Oc1ccc(N=NC2C(=O)N(c3cc(Cl)ccc3Cl)NC2=Nc2ccccc2Cl)cc1OC(C)C. The number of ether oxygens (including phenoxy) is 2. The second-order valence-corrected chi connectivity index (χ2v) is 10.2. The molecule has 1 amide bonds. The molecule has 0 aromatic heterocycles. The molecule has 0 radical (unpaired) electrons. The van der Waals surface area contributed by atoms with Gasteiger partial charge in [0, 0.05) is 11.1 Å². The van der Waals surface area contributed by atoms with E-state index in [0.29, 0.717) is 43.6 Å². The van der Waals surface area contributed by atoms with E-state index in [0.717, 1.165) is 0 Å². The fourth-order valence-electron chi connectivity index (χ4n) is 3.55. The Balaban J connectivity index is 1.72. The van der Waals surface area contributed by atoms with Gasteiger partial charge in [0.05, 0.1) is 39.3 Å². The van der Waals surface area contributed by atoms with Gasteiger partial charge in [-0.05, 0) is 70.2 Å². The quantitative estimate of drug-likeness (QED) is 0.277. The standard InChI is InChI=1S/C27H26Cl3N5O3/c1-15(2)37-23-12-10-18(14-24(23)38-16(3)4)32-33-25-26(31-21-8-6-5-7-19(21)29)34-35(27(25)36)22-13-17(28)9-11-20(22)30/h5-16,25H,1-4H3,(H,31,34). The third-order valence-electron chi connectivity index (χ3n) is 5.12. The number of amidine groups is 1. The van der Waals surface area contributed by atoms with Crippen molar-refractivity contribution in [1.29, 1.82) is 0 Å². The van der Waals surface area contributed by atoms with E-state index < -0.39 is 11.9 Å². The number of anilines is 1. The molecule has 1 heterocycles. The van der Waals surface area contributed by atoms with Crippen LogP contribution in [0.1, 0.15) is 27.7 Å². The first kappa shape index (κ1) is 27.7. The fraction of sp³-hybridized carbons (Fsp3) is 0.259. The summed E-state index contributed by atoms with van der Waals surface area (Å²) in [5, 5.41) is 11.1. The van der Waals surface area contributed by atoms with Crippen molar-refractivity contribution >= 4 is 63.6 Å². The summed E-state index contributed by atoms with van der Waals surface area (Å²) in [6, 6.07) is 15.9. The second-order valence-electron chi connectivity index (χ2n) is 8.91. The average molecular weight is 575 g/mol. The van der Waals surface area contributed by atoms with E-state index in [9.17, 15) is 4.79 Å². The Morgan fingerprint density at radius 3 is 2.29 bits per heavy atom. The van der Waals surface area contributed by atoms with Crippen LogP contribution in [0.2, 0.25) is 15.1 Å². The predicted octanol–water partition coefficient (Wildman–Crippen LogP) is 7.96. The number of para-hydroxylation sites is 1. The highest BCUT2D eigenvalue weighted by Crippen LogP contribution is 2.35. The minimum Gasteiger partial charge on any atom is -0.487 e. The van der Waals surface area contributed by atoms with E-state index in [4.69, 9.17) is 44.3 Å². The molecule has 0 aliphatic carbocycles. The van der Waals surface area contributed by atoms with E-state index in [2.05, 4.69) is 20.6 Å². The number of halogens is 3. The van der Waals surface area contributed by atoms with E-state index in [1.54, 1.807) is 60.7 Å². The largest absolute Gasteiger partial charge is 0.487 e. The Kier molecular flexibility index (Phi) is 8.76. The first-order valence-corrected chi connectivity index (χ1v) is 13.0. The van der Waals surface area contributed by atoms with E-state index in [-0.39, 0.29) is 18.0 Å². The van der Waals surface area contributed by atoms with Gasteiger partial charge in [-0.15, -0.1) is 0 Å². The highest BCUT2D eigenvalue weighted by molar-refractivity contribution is 6.36. The molecule has 1 aliphatic heterocycles. The third-order valence-corrected chi connectivity index (χ3v) is 6.00. The Morgan fingerprint density at radius 1 is 0.868 bits per heavy atom. The lowest BCUT2D eigenvalue weighted by molar-refractivity contribution is -0.117. The Labute approximate surface area is 236 Å². The summed E-state index contributed by atoms with van der Waals surface area (Å²) in [6.07, 6.45) is -0.116. The lowest BCUT2D eigenvalue weighted by Gasteiger charge is -2.17. The smallest absolute Gasteiger partial charge is 0.280 e. The van der Waals surface area contributed by atoms with Crippen LogP contribution in [0.5, 0.6) is 11.5 Å². The van der Waals surface area contributed by atoms with Crippen LogP contribution in [0.25, 0.3) is 0 Å². The van der Waals surface area contributed by atoms with Crippen molar-refractivity contribution < 1.29 is 14.3 Å². The van der Waals surface area contributed by atoms with Gasteiger partial charge < -0.3 is 9.47 Å². The zero-order valence-electron chi connectivity index (χ0n) is 21.2. The highest BCUT2D eigenvalue weighted by atomic mass is 35.5. The lowest BCUT2D eigenvalue weighted by atomic mass is 10.2. The number of nitrogens with zero attached hydrogens (tertiary/aromatic N) is 4. The van der Waals surface area contributed by atoms with Crippen LogP contribution in [0.15, 0.2) is 75.9 Å². The summed E-state index contributed by atoms with van der Waals surface area (Å²) in [5.41, 5.74) is 4.28. The number of rotatable bonds is 8. The molecule has 11 heteroatoms. The van der Waals surface area contributed by atoms with Crippen molar-refractivity contribution in [3.05, 3.63) is 75.7 Å². The Morgan fingerprint density at radius 2 is 1.58 bits per heavy atom. The van der Waals surface area contributed by atoms with E-state index >= 15 is 0 Å². The summed E-state index contributed by atoms with van der Waals surface area (Å²) in [5.74, 6) is 0.899. The molecule has 8 nitrogen and oxygen atoms in total. The maximum Gasteiger partial charge on any atom is 0.280 e. The van der Waals surface area contributed by atoms with Crippen molar-refractivity contribution in [2.45, 2.75) is 45.9 Å². The Hall–Kier alpha value is -3.33. The maximum atomic E-state index is 13.5. The molecule has 4 rings (SSSR count). The number of azo groups is 1. The van der Waals surface area contributed by atoms with Crippen LogP contribution in [0.4, 0.5) is 17.1 Å². The van der Waals surface area contributed by atoms with Gasteiger partial charge in [-0.25, -0.2) is 10.0 Å². The molecule has 1 aliphatic rings. The topological polar surface area (TPSA) is 87.9 Å². The first-order chi connectivity index (χ1) is 18.1. The first-order valence-electron chi connectivity index (χ1n) is 11.9. The molecule has 1 saturated heterocycles. The molecule has 38 heavy (non-hydrogen) atoms. The number of nitrogens with one attached hydrogen (secondary N) is 1. The zero-order valence-corrected chi connectivity index (χ0v) is 23.4. The van der Waals surface area contributed by atoms with Gasteiger partial charge in [-0.1, -0.05) is 46.9 Å². The van der Waals surface area contributed by atoms with Crippen molar-refractivity contribution in [2.75, 3.05) is 5.01 Å². The van der Waals surface area contributed by atoms with Crippen molar-refractivity contribution in [1.82, 2.24) is 5.43 Å². The third kappa shape index (κ3) is 6.56. The normalized spacial score (nSPS) is 16.7. The summed E-state index contributed by atoms with van der Waals surface area (Å²) in [7, 11) is 0. The van der Waals surface area contributed by atoms with Gasteiger partial charge >= 0.3 is 0 Å². The summed E-state index contributed by atoms with van der Waals surface area (Å²) < 4.78 is 11.8. The number of carbonyl (C=O) groups is 1. The van der Waals surface area contributed by atoms with Crippen LogP contribution in [-0.2, 0) is 4.79 Å². The average Bonchev–Trinajstić information content (AvgIpc) is 3.16. The molecule has 3 aromatic rings. The van der Waals surface area contributed by atoms with Gasteiger partial charge in [0.2, 0.25) is 6.04 Å². The van der Waals surface area contributed by atoms with Crippen LogP contribution in [0, 0.1) is 0 Å².